The molecule has 64 heavy (non-hydrogen) atoms. The maximum Gasteiger partial charge on any atom is 0.160 e. The van der Waals surface area contributed by atoms with Crippen molar-refractivity contribution in [2.75, 3.05) is 0 Å². The van der Waals surface area contributed by atoms with Crippen LogP contribution in [0.15, 0.2) is 206 Å². The Morgan fingerprint density at radius 1 is 0.281 bits per heavy atom. The van der Waals surface area contributed by atoms with E-state index in [1.165, 1.54) is 72.0 Å². The van der Waals surface area contributed by atoms with Crippen LogP contribution in [-0.4, -0.2) is 9.97 Å². The van der Waals surface area contributed by atoms with Gasteiger partial charge in [0.15, 0.2) is 5.82 Å². The molecular weight excluding hydrogens is 773 g/mol. The summed E-state index contributed by atoms with van der Waals surface area (Å²) in [7, 11) is 0. The van der Waals surface area contributed by atoms with E-state index in [2.05, 4.69) is 228 Å². The highest BCUT2D eigenvalue weighted by Crippen LogP contribution is 2.55. The Labute approximate surface area is 375 Å². The second kappa shape index (κ2) is 14.4. The molecule has 1 aromatic heterocycles. The smallest absolute Gasteiger partial charge is 0.160 e. The Morgan fingerprint density at radius 2 is 0.734 bits per heavy atom. The van der Waals surface area contributed by atoms with Crippen molar-refractivity contribution in [3.8, 4) is 89.5 Å². The molecule has 0 bridgehead atoms. The van der Waals surface area contributed by atoms with E-state index >= 15 is 0 Å². The van der Waals surface area contributed by atoms with Crippen LogP contribution in [0.3, 0.4) is 0 Å². The first kappa shape index (κ1) is 38.0. The molecule has 10 aromatic rings. The Balaban J connectivity index is 1.13. The number of fused-ring (bicyclic) bond motifs is 7. The number of aromatic nitrogens is 2. The lowest BCUT2D eigenvalue weighted by atomic mass is 9.81. The molecule has 2 heteroatoms. The molecule has 1 heterocycles. The van der Waals surface area contributed by atoms with Crippen molar-refractivity contribution in [3.05, 3.63) is 229 Å². The molecule has 0 unspecified atom stereocenters. The zero-order valence-corrected chi connectivity index (χ0v) is 36.5. The summed E-state index contributed by atoms with van der Waals surface area (Å²) in [6, 6.07) is 75.4. The molecule has 9 aromatic carbocycles. The van der Waals surface area contributed by atoms with Gasteiger partial charge in [-0.15, -0.1) is 0 Å². The zero-order chi connectivity index (χ0) is 43.2. The Kier molecular flexibility index (Phi) is 8.58. The van der Waals surface area contributed by atoms with Crippen LogP contribution in [0, 0.1) is 0 Å². The summed E-state index contributed by atoms with van der Waals surface area (Å²) >= 11 is 0. The molecule has 2 aliphatic rings. The normalized spacial score (nSPS) is 13.9. The maximum absolute atomic E-state index is 5.44. The van der Waals surface area contributed by atoms with Crippen molar-refractivity contribution < 1.29 is 0 Å². The molecule has 0 N–H and O–H groups in total. The van der Waals surface area contributed by atoms with Crippen LogP contribution >= 0.6 is 0 Å². The van der Waals surface area contributed by atoms with Gasteiger partial charge in [-0.1, -0.05) is 191 Å². The van der Waals surface area contributed by atoms with Crippen molar-refractivity contribution in [3.63, 3.8) is 0 Å². The van der Waals surface area contributed by atoms with Gasteiger partial charge in [-0.25, -0.2) is 9.97 Å². The second-order valence-corrected chi connectivity index (χ2v) is 18.6. The topological polar surface area (TPSA) is 25.8 Å². The summed E-state index contributed by atoms with van der Waals surface area (Å²) in [6.07, 6.45) is 0. The molecule has 0 amide bonds. The first-order valence-electron chi connectivity index (χ1n) is 22.4. The lowest BCUT2D eigenvalue weighted by Gasteiger charge is -2.22. The Morgan fingerprint density at radius 3 is 1.42 bits per heavy atom. The van der Waals surface area contributed by atoms with Gasteiger partial charge >= 0.3 is 0 Å². The van der Waals surface area contributed by atoms with Crippen molar-refractivity contribution in [1.29, 1.82) is 0 Å². The van der Waals surface area contributed by atoms with Crippen molar-refractivity contribution in [1.82, 2.24) is 9.97 Å². The fourth-order valence-electron chi connectivity index (χ4n) is 10.7. The predicted octanol–water partition coefficient (Wildman–Crippen LogP) is 16.2. The lowest BCUT2D eigenvalue weighted by molar-refractivity contribution is 0.660. The standard InChI is InChI=1S/C62H46N2/c1-61(2)52-29-14-13-26-50(52)58-48(27-16-30-53(58)61)45-33-46(49-28-17-31-54-59(49)51-36-42-22-11-12-23-43(42)37-55(51)62(54,3)4)35-47(34-45)57-38-56(63-60(64-57)40-20-9-6-10-21-40)44-25-15-24-41(32-44)39-18-7-5-8-19-39/h5-38H,1-4H3. The molecule has 12 rings (SSSR count). The SMILES string of the molecule is CC1(C)c2ccccc2-c2c(-c3cc(-c4cc(-c5cccc(-c6ccccc6)c5)nc(-c5ccccc5)n4)cc(-c4cccc5c4-c4cc6ccccc6cc4C5(C)C)c3)cccc21. The fourth-order valence-corrected chi connectivity index (χ4v) is 10.7. The van der Waals surface area contributed by atoms with Gasteiger partial charge in [0.1, 0.15) is 0 Å². The van der Waals surface area contributed by atoms with Gasteiger partial charge in [0.2, 0.25) is 0 Å². The number of nitrogens with zero attached hydrogens (tertiary/aromatic N) is 2. The van der Waals surface area contributed by atoms with Crippen LogP contribution in [-0.2, 0) is 10.8 Å². The third-order valence-corrected chi connectivity index (χ3v) is 14.0. The minimum absolute atomic E-state index is 0.124. The third kappa shape index (κ3) is 6.01. The molecule has 0 spiro atoms. The summed E-state index contributed by atoms with van der Waals surface area (Å²) in [5, 5.41) is 2.53. The van der Waals surface area contributed by atoms with Gasteiger partial charge in [0, 0.05) is 27.5 Å². The van der Waals surface area contributed by atoms with E-state index in [1.54, 1.807) is 0 Å². The quantitative estimate of drug-likeness (QED) is 0.167. The number of hydrogen-bond acceptors (Lipinski definition) is 2. The molecule has 0 aliphatic heterocycles. The van der Waals surface area contributed by atoms with Gasteiger partial charge in [0.25, 0.3) is 0 Å². The zero-order valence-electron chi connectivity index (χ0n) is 36.5. The maximum atomic E-state index is 5.44. The van der Waals surface area contributed by atoms with Gasteiger partial charge < -0.3 is 0 Å². The van der Waals surface area contributed by atoms with Gasteiger partial charge in [-0.05, 0) is 131 Å². The molecule has 2 aliphatic carbocycles. The molecule has 0 fully saturated rings. The third-order valence-electron chi connectivity index (χ3n) is 14.0. The van der Waals surface area contributed by atoms with E-state index in [4.69, 9.17) is 9.97 Å². The number of hydrogen-bond donors (Lipinski definition) is 0. The van der Waals surface area contributed by atoms with Crippen LogP contribution in [0.2, 0.25) is 0 Å². The minimum Gasteiger partial charge on any atom is -0.228 e. The number of rotatable bonds is 6. The second-order valence-electron chi connectivity index (χ2n) is 18.6. The molecular formula is C62H46N2. The summed E-state index contributed by atoms with van der Waals surface area (Å²) < 4.78 is 0. The van der Waals surface area contributed by atoms with E-state index in [9.17, 15) is 0 Å². The van der Waals surface area contributed by atoms with Crippen LogP contribution in [0.5, 0.6) is 0 Å². The van der Waals surface area contributed by atoms with Crippen LogP contribution in [0.25, 0.3) is 100 Å². The van der Waals surface area contributed by atoms with Crippen molar-refractivity contribution in [2.45, 2.75) is 38.5 Å². The minimum atomic E-state index is -0.166. The molecule has 0 atom stereocenters. The van der Waals surface area contributed by atoms with Crippen LogP contribution < -0.4 is 0 Å². The molecule has 2 nitrogen and oxygen atoms in total. The first-order valence-corrected chi connectivity index (χ1v) is 22.4. The van der Waals surface area contributed by atoms with E-state index in [0.717, 1.165) is 44.8 Å². The predicted molar refractivity (Wildman–Crippen MR) is 267 cm³/mol. The van der Waals surface area contributed by atoms with Crippen molar-refractivity contribution >= 4 is 10.8 Å². The van der Waals surface area contributed by atoms with Crippen LogP contribution in [0.1, 0.15) is 49.9 Å². The molecule has 0 saturated carbocycles. The van der Waals surface area contributed by atoms with E-state index in [0.29, 0.717) is 5.82 Å². The van der Waals surface area contributed by atoms with Crippen LogP contribution in [0.4, 0.5) is 0 Å². The Hall–Kier alpha value is -7.68. The largest absolute Gasteiger partial charge is 0.228 e. The highest BCUT2D eigenvalue weighted by molar-refractivity contribution is 6.01. The first-order chi connectivity index (χ1) is 31.2. The van der Waals surface area contributed by atoms with E-state index < -0.39 is 0 Å². The van der Waals surface area contributed by atoms with Gasteiger partial charge in [0.05, 0.1) is 11.4 Å². The van der Waals surface area contributed by atoms with Gasteiger partial charge in [-0.2, -0.15) is 0 Å². The summed E-state index contributed by atoms with van der Waals surface area (Å²) in [5.74, 6) is 0.699. The van der Waals surface area contributed by atoms with E-state index in [-0.39, 0.29) is 10.8 Å². The fraction of sp³-hybridized carbons (Fsp3) is 0.0968. The molecule has 0 saturated heterocycles. The monoisotopic (exact) mass is 818 g/mol. The molecule has 304 valence electrons. The molecule has 0 radical (unpaired) electrons. The van der Waals surface area contributed by atoms with Gasteiger partial charge in [-0.3, -0.25) is 0 Å². The Bertz CT molecular complexity index is 3490. The number of benzene rings is 9. The lowest BCUT2D eigenvalue weighted by Crippen LogP contribution is -2.14. The average Bonchev–Trinajstić information content (AvgIpc) is 3.72. The highest BCUT2D eigenvalue weighted by atomic mass is 14.9. The summed E-state index contributed by atoms with van der Waals surface area (Å²) in [5.41, 5.74) is 22.3. The summed E-state index contributed by atoms with van der Waals surface area (Å²) in [6.45, 7) is 9.48. The average molecular weight is 819 g/mol. The highest BCUT2D eigenvalue weighted by Gasteiger charge is 2.38. The van der Waals surface area contributed by atoms with Crippen molar-refractivity contribution in [2.24, 2.45) is 0 Å². The summed E-state index contributed by atoms with van der Waals surface area (Å²) in [4.78, 5) is 10.7. The van der Waals surface area contributed by atoms with E-state index in [1.807, 2.05) is 6.07 Å².